The van der Waals surface area contributed by atoms with Gasteiger partial charge in [0, 0.05) is 24.0 Å². The van der Waals surface area contributed by atoms with Gasteiger partial charge in [-0.1, -0.05) is 36.0 Å². The number of carbonyl (C=O) groups excluding carboxylic acids is 2. The fourth-order valence-corrected chi connectivity index (χ4v) is 3.70. The molecule has 0 radical (unpaired) electrons. The van der Waals surface area contributed by atoms with Crippen LogP contribution in [0.5, 0.6) is 0 Å². The van der Waals surface area contributed by atoms with Gasteiger partial charge < -0.3 is 19.7 Å². The van der Waals surface area contributed by atoms with E-state index in [1.165, 1.54) is 0 Å². The average Bonchev–Trinajstić information content (AvgIpc) is 3.18. The summed E-state index contributed by atoms with van der Waals surface area (Å²) in [6.45, 7) is 11.8. The van der Waals surface area contributed by atoms with Crippen LogP contribution in [0.3, 0.4) is 0 Å². The van der Waals surface area contributed by atoms with E-state index >= 15 is 0 Å². The summed E-state index contributed by atoms with van der Waals surface area (Å²) < 4.78 is 10.3. The largest absolute Gasteiger partial charge is 0.361 e. The van der Waals surface area contributed by atoms with Crippen molar-refractivity contribution in [3.63, 3.8) is 0 Å². The second-order valence-corrected chi connectivity index (χ2v) is 7.59. The molecule has 0 saturated heterocycles. The smallest absolute Gasteiger partial charge is 0.221 e. The highest BCUT2D eigenvalue weighted by atomic mass is 16.5. The van der Waals surface area contributed by atoms with Crippen LogP contribution in [0.4, 0.5) is 0 Å². The topological polar surface area (TPSA) is 110 Å². The van der Waals surface area contributed by atoms with Crippen LogP contribution in [0.1, 0.15) is 72.6 Å². The van der Waals surface area contributed by atoms with Crippen LogP contribution in [0.2, 0.25) is 0 Å². The molecular weight excluding hydrogens is 384 g/mol. The lowest BCUT2D eigenvalue weighted by Crippen LogP contribution is -2.26. The Hall–Kier alpha value is -3.08. The Morgan fingerprint density at radius 3 is 1.47 bits per heavy atom. The number of aryl methyl sites for hydroxylation is 4. The number of nitrogens with zero attached hydrogens (tertiary/aromatic N) is 2. The van der Waals surface area contributed by atoms with Crippen molar-refractivity contribution in [2.24, 2.45) is 0 Å². The van der Waals surface area contributed by atoms with Crippen molar-refractivity contribution in [3.8, 4) is 11.8 Å². The lowest BCUT2D eigenvalue weighted by Gasteiger charge is -2.10. The molecule has 0 saturated carbocycles. The van der Waals surface area contributed by atoms with Crippen LogP contribution in [-0.2, 0) is 9.59 Å². The maximum atomic E-state index is 12.1. The van der Waals surface area contributed by atoms with Crippen molar-refractivity contribution >= 4 is 11.8 Å². The number of nitrogens with one attached hydrogen (secondary N) is 2. The van der Waals surface area contributed by atoms with Gasteiger partial charge in [0.2, 0.25) is 11.8 Å². The highest BCUT2D eigenvalue weighted by Gasteiger charge is 2.20. The molecule has 2 aromatic heterocycles. The van der Waals surface area contributed by atoms with Crippen LogP contribution < -0.4 is 10.6 Å². The molecule has 0 aromatic carbocycles. The van der Waals surface area contributed by atoms with Crippen molar-refractivity contribution < 1.29 is 18.6 Å². The number of hydrogen-bond donors (Lipinski definition) is 2. The summed E-state index contributed by atoms with van der Waals surface area (Å²) >= 11 is 0. The molecule has 2 heterocycles. The first-order chi connectivity index (χ1) is 14.2. The molecule has 0 aliphatic rings. The van der Waals surface area contributed by atoms with Gasteiger partial charge in [-0.3, -0.25) is 9.59 Å². The molecule has 0 spiro atoms. The Balaban J connectivity index is 1.67. The van der Waals surface area contributed by atoms with Crippen molar-refractivity contribution in [3.05, 3.63) is 34.0 Å². The van der Waals surface area contributed by atoms with Gasteiger partial charge in [-0.05, 0) is 39.5 Å². The molecule has 2 atom stereocenters. The van der Waals surface area contributed by atoms with E-state index in [2.05, 4.69) is 32.8 Å². The number of aromatic nitrogens is 2. The normalized spacial score (nSPS) is 12.6. The lowest BCUT2D eigenvalue weighted by atomic mass is 9.96. The molecular formula is C22H30N4O4. The molecule has 0 aliphatic heterocycles. The second kappa shape index (κ2) is 10.6. The standard InChI is InChI=1S/C22H30N4O4/c1-13(21-15(3)25-29-17(21)5)11-19(27)23-9-7-8-10-24-20(28)12-14(2)22-16(4)26-30-18(22)6/h13-14H,9-12H2,1-6H3,(H,23,27)(H,24,28). The van der Waals surface area contributed by atoms with Crippen LogP contribution >= 0.6 is 0 Å². The lowest BCUT2D eigenvalue weighted by molar-refractivity contribution is -0.122. The summed E-state index contributed by atoms with van der Waals surface area (Å²) in [7, 11) is 0. The van der Waals surface area contributed by atoms with Gasteiger partial charge in [0.05, 0.1) is 24.5 Å². The molecule has 0 aliphatic carbocycles. The summed E-state index contributed by atoms with van der Waals surface area (Å²) in [5.41, 5.74) is 3.58. The van der Waals surface area contributed by atoms with E-state index in [-0.39, 0.29) is 36.7 Å². The van der Waals surface area contributed by atoms with E-state index in [1.807, 2.05) is 41.5 Å². The third-order valence-corrected chi connectivity index (χ3v) is 5.02. The van der Waals surface area contributed by atoms with Gasteiger partial charge in [0.1, 0.15) is 11.5 Å². The first-order valence-electron chi connectivity index (χ1n) is 10.0. The van der Waals surface area contributed by atoms with E-state index in [4.69, 9.17) is 9.05 Å². The first kappa shape index (κ1) is 23.2. The summed E-state index contributed by atoms with van der Waals surface area (Å²) in [6.07, 6.45) is 0.668. The molecule has 162 valence electrons. The SMILES string of the molecule is Cc1noc(C)c1C(C)CC(=O)NCC#CCNC(=O)CC(C)c1c(C)noc1C. The summed E-state index contributed by atoms with van der Waals surface area (Å²) in [5, 5.41) is 13.4. The van der Waals surface area contributed by atoms with Gasteiger partial charge in [-0.2, -0.15) is 0 Å². The van der Waals surface area contributed by atoms with Gasteiger partial charge in [0.15, 0.2) is 0 Å². The molecule has 0 bridgehead atoms. The molecule has 30 heavy (non-hydrogen) atoms. The van der Waals surface area contributed by atoms with E-state index in [0.717, 1.165) is 34.0 Å². The zero-order valence-corrected chi connectivity index (χ0v) is 18.5. The quantitative estimate of drug-likeness (QED) is 0.643. The Bertz CT molecular complexity index is 835. The van der Waals surface area contributed by atoms with Crippen LogP contribution in [0, 0.1) is 39.5 Å². The van der Waals surface area contributed by atoms with Crippen molar-refractivity contribution in [2.75, 3.05) is 13.1 Å². The molecule has 8 heteroatoms. The predicted molar refractivity (Wildman–Crippen MR) is 112 cm³/mol. The average molecular weight is 415 g/mol. The Kier molecular flexibility index (Phi) is 8.22. The summed E-state index contributed by atoms with van der Waals surface area (Å²) in [4.78, 5) is 24.2. The van der Waals surface area contributed by atoms with Crippen molar-refractivity contribution in [2.45, 2.75) is 66.2 Å². The van der Waals surface area contributed by atoms with Crippen molar-refractivity contribution in [1.29, 1.82) is 0 Å². The monoisotopic (exact) mass is 414 g/mol. The van der Waals surface area contributed by atoms with Crippen LogP contribution in [0.15, 0.2) is 9.05 Å². The zero-order valence-electron chi connectivity index (χ0n) is 18.5. The molecule has 2 rings (SSSR count). The maximum Gasteiger partial charge on any atom is 0.221 e. The fraction of sp³-hybridized carbons (Fsp3) is 0.545. The molecule has 2 amide bonds. The van der Waals surface area contributed by atoms with Crippen molar-refractivity contribution in [1.82, 2.24) is 20.9 Å². The van der Waals surface area contributed by atoms with E-state index in [9.17, 15) is 9.59 Å². The summed E-state index contributed by atoms with van der Waals surface area (Å²) in [6, 6.07) is 0. The van der Waals surface area contributed by atoms with E-state index < -0.39 is 0 Å². The minimum Gasteiger partial charge on any atom is -0.361 e. The van der Waals surface area contributed by atoms with Gasteiger partial charge >= 0.3 is 0 Å². The molecule has 0 fully saturated rings. The molecule has 8 nitrogen and oxygen atoms in total. The van der Waals surface area contributed by atoms with Gasteiger partial charge in [-0.15, -0.1) is 0 Å². The van der Waals surface area contributed by atoms with Crippen LogP contribution in [-0.4, -0.2) is 35.2 Å². The Morgan fingerprint density at radius 1 is 0.800 bits per heavy atom. The third-order valence-electron chi connectivity index (χ3n) is 5.02. The minimum atomic E-state index is -0.0888. The number of rotatable bonds is 8. The molecule has 2 N–H and O–H groups in total. The summed E-state index contributed by atoms with van der Waals surface area (Å²) in [5.74, 6) is 7.04. The highest BCUT2D eigenvalue weighted by molar-refractivity contribution is 5.77. The van der Waals surface area contributed by atoms with Gasteiger partial charge in [0.25, 0.3) is 0 Å². The second-order valence-electron chi connectivity index (χ2n) is 7.59. The van der Waals surface area contributed by atoms with E-state index in [1.54, 1.807) is 0 Å². The fourth-order valence-electron chi connectivity index (χ4n) is 3.70. The maximum absolute atomic E-state index is 12.1. The Morgan fingerprint density at radius 2 is 1.17 bits per heavy atom. The zero-order chi connectivity index (χ0) is 22.3. The van der Waals surface area contributed by atoms with Gasteiger partial charge in [-0.25, -0.2) is 0 Å². The minimum absolute atomic E-state index is 0.0168. The van der Waals surface area contributed by atoms with Crippen LogP contribution in [0.25, 0.3) is 0 Å². The predicted octanol–water partition coefficient (Wildman–Crippen LogP) is 2.82. The first-order valence-corrected chi connectivity index (χ1v) is 10.0. The molecule has 2 aromatic rings. The number of hydrogen-bond acceptors (Lipinski definition) is 6. The third kappa shape index (κ3) is 6.21. The molecule has 2 unspecified atom stereocenters. The Labute approximate surface area is 177 Å². The van der Waals surface area contributed by atoms with E-state index in [0.29, 0.717) is 12.8 Å². The highest BCUT2D eigenvalue weighted by Crippen LogP contribution is 2.26. The number of carbonyl (C=O) groups is 2. The number of amides is 2.